The first-order valence-electron chi connectivity index (χ1n) is 10.8. The number of carbonyl (C=O) groups excluding carboxylic acids is 2. The summed E-state index contributed by atoms with van der Waals surface area (Å²) in [6.07, 6.45) is 4.01. The van der Waals surface area contributed by atoms with Gasteiger partial charge in [0.1, 0.15) is 10.7 Å². The van der Waals surface area contributed by atoms with Crippen LogP contribution in [0.2, 0.25) is 0 Å². The highest BCUT2D eigenvalue weighted by Gasteiger charge is 2.27. The van der Waals surface area contributed by atoms with Gasteiger partial charge in [0.25, 0.3) is 11.8 Å². The van der Waals surface area contributed by atoms with Crippen molar-refractivity contribution in [1.29, 1.82) is 0 Å². The van der Waals surface area contributed by atoms with E-state index in [0.717, 1.165) is 42.1 Å². The summed E-state index contributed by atoms with van der Waals surface area (Å²) in [5.41, 5.74) is 0.583. The van der Waals surface area contributed by atoms with E-state index in [1.165, 1.54) is 6.07 Å². The van der Waals surface area contributed by atoms with Gasteiger partial charge in [0.05, 0.1) is 11.3 Å². The molecular weight excluding hydrogens is 433 g/mol. The molecule has 1 aliphatic rings. The average molecular weight is 462 g/mol. The minimum Gasteiger partial charge on any atom is -0.349 e. The Labute approximate surface area is 188 Å². The number of benzene rings is 2. The molecule has 7 nitrogen and oxygen atoms in total. The summed E-state index contributed by atoms with van der Waals surface area (Å²) in [7, 11) is -4.08. The van der Waals surface area contributed by atoms with Gasteiger partial charge in [0, 0.05) is 24.7 Å². The van der Waals surface area contributed by atoms with Gasteiger partial charge in [-0.15, -0.1) is 0 Å². The summed E-state index contributed by atoms with van der Waals surface area (Å²) >= 11 is 0. The molecule has 0 aliphatic heterocycles. The molecule has 1 aliphatic carbocycles. The molecule has 0 aromatic heterocycles. The number of hydrogen-bond donors (Lipinski definition) is 2. The molecule has 0 saturated heterocycles. The van der Waals surface area contributed by atoms with Gasteiger partial charge in [-0.05, 0) is 43.2 Å². The van der Waals surface area contributed by atoms with Crippen LogP contribution in [0.5, 0.6) is 0 Å². The number of carbonyl (C=O) groups is 2. The highest BCUT2D eigenvalue weighted by Crippen LogP contribution is 2.23. The van der Waals surface area contributed by atoms with Crippen LogP contribution >= 0.6 is 0 Å². The third-order valence-electron chi connectivity index (χ3n) is 5.63. The number of hydrogen-bond acceptors (Lipinski definition) is 4. The fourth-order valence-electron chi connectivity index (χ4n) is 3.86. The van der Waals surface area contributed by atoms with E-state index in [0.29, 0.717) is 11.3 Å². The van der Waals surface area contributed by atoms with Crippen molar-refractivity contribution in [2.75, 3.05) is 18.4 Å². The maximum absolute atomic E-state index is 14.4. The van der Waals surface area contributed by atoms with Crippen LogP contribution in [0.25, 0.3) is 0 Å². The Morgan fingerprint density at radius 2 is 1.69 bits per heavy atom. The molecule has 32 heavy (non-hydrogen) atoms. The van der Waals surface area contributed by atoms with Crippen molar-refractivity contribution in [3.05, 3.63) is 59.4 Å². The predicted molar refractivity (Wildman–Crippen MR) is 121 cm³/mol. The van der Waals surface area contributed by atoms with E-state index in [1.54, 1.807) is 38.1 Å². The van der Waals surface area contributed by atoms with Gasteiger partial charge in [-0.25, -0.2) is 12.8 Å². The quantitative estimate of drug-likeness (QED) is 0.625. The molecule has 2 amide bonds. The summed E-state index contributed by atoms with van der Waals surface area (Å²) in [6.45, 7) is 3.67. The predicted octanol–water partition coefficient (Wildman–Crippen LogP) is 3.78. The topological polar surface area (TPSA) is 95.6 Å². The molecule has 0 unspecified atom stereocenters. The van der Waals surface area contributed by atoms with Crippen molar-refractivity contribution in [1.82, 2.24) is 9.62 Å². The molecule has 2 aromatic carbocycles. The van der Waals surface area contributed by atoms with Crippen molar-refractivity contribution >= 4 is 27.5 Å². The lowest BCUT2D eigenvalue weighted by Gasteiger charge is -2.19. The molecule has 0 spiro atoms. The minimum atomic E-state index is -4.08. The van der Waals surface area contributed by atoms with E-state index in [2.05, 4.69) is 10.6 Å². The summed E-state index contributed by atoms with van der Waals surface area (Å²) in [6, 6.07) is 9.92. The third-order valence-corrected chi connectivity index (χ3v) is 7.69. The number of anilines is 1. The van der Waals surface area contributed by atoms with Crippen LogP contribution in [0, 0.1) is 5.82 Å². The van der Waals surface area contributed by atoms with Crippen LogP contribution in [0.1, 0.15) is 60.2 Å². The third kappa shape index (κ3) is 5.16. The molecule has 1 fully saturated rings. The lowest BCUT2D eigenvalue weighted by molar-refractivity contribution is 0.0938. The zero-order valence-electron chi connectivity index (χ0n) is 18.2. The summed E-state index contributed by atoms with van der Waals surface area (Å²) in [5.74, 6) is -1.84. The molecule has 0 heterocycles. The van der Waals surface area contributed by atoms with Gasteiger partial charge in [0.2, 0.25) is 10.0 Å². The van der Waals surface area contributed by atoms with Gasteiger partial charge < -0.3 is 10.6 Å². The first-order chi connectivity index (χ1) is 15.3. The SMILES string of the molecule is CCN(CC)S(=O)(=O)c1cc(C(=O)Nc2ccccc2C(=O)NC2CCCC2)ccc1F. The smallest absolute Gasteiger partial charge is 0.255 e. The number of sulfonamides is 1. The van der Waals surface area contributed by atoms with Crippen molar-refractivity contribution in [2.45, 2.75) is 50.5 Å². The number of para-hydroxylation sites is 1. The fourth-order valence-corrected chi connectivity index (χ4v) is 5.41. The Kier molecular flexibility index (Phi) is 7.63. The van der Waals surface area contributed by atoms with Crippen LogP contribution in [0.15, 0.2) is 47.4 Å². The first kappa shape index (κ1) is 23.9. The Balaban J connectivity index is 1.85. The number of halogens is 1. The monoisotopic (exact) mass is 461 g/mol. The average Bonchev–Trinajstić information content (AvgIpc) is 3.28. The van der Waals surface area contributed by atoms with E-state index in [-0.39, 0.29) is 30.6 Å². The molecular formula is C23H28FN3O4S. The van der Waals surface area contributed by atoms with Crippen molar-refractivity contribution < 1.29 is 22.4 Å². The molecule has 9 heteroatoms. The number of nitrogens with one attached hydrogen (secondary N) is 2. The molecule has 1 saturated carbocycles. The van der Waals surface area contributed by atoms with Gasteiger partial charge in [-0.3, -0.25) is 9.59 Å². The molecule has 172 valence electrons. The molecule has 3 rings (SSSR count). The maximum atomic E-state index is 14.4. The van der Waals surface area contributed by atoms with Crippen molar-refractivity contribution in [3.63, 3.8) is 0 Å². The highest BCUT2D eigenvalue weighted by atomic mass is 32.2. The Bertz CT molecular complexity index is 1090. The largest absolute Gasteiger partial charge is 0.349 e. The zero-order chi connectivity index (χ0) is 23.3. The molecule has 0 radical (unpaired) electrons. The lowest BCUT2D eigenvalue weighted by atomic mass is 10.1. The number of rotatable bonds is 8. The normalized spacial score (nSPS) is 14.5. The van der Waals surface area contributed by atoms with Crippen molar-refractivity contribution in [2.24, 2.45) is 0 Å². The summed E-state index contributed by atoms with van der Waals surface area (Å²) < 4.78 is 41.0. The second-order valence-electron chi connectivity index (χ2n) is 7.69. The second-order valence-corrected chi connectivity index (χ2v) is 9.60. The first-order valence-corrected chi connectivity index (χ1v) is 12.2. The van der Waals surface area contributed by atoms with Gasteiger partial charge in [-0.1, -0.05) is 38.8 Å². The van der Waals surface area contributed by atoms with Crippen LogP contribution in [0.3, 0.4) is 0 Å². The molecule has 0 bridgehead atoms. The van der Waals surface area contributed by atoms with Gasteiger partial charge in [-0.2, -0.15) is 4.31 Å². The molecule has 2 aromatic rings. The Hall–Kier alpha value is -2.78. The zero-order valence-corrected chi connectivity index (χ0v) is 19.0. The fraction of sp³-hybridized carbons (Fsp3) is 0.391. The summed E-state index contributed by atoms with van der Waals surface area (Å²) in [4.78, 5) is 25.0. The van der Waals surface area contributed by atoms with E-state index in [1.807, 2.05) is 0 Å². The van der Waals surface area contributed by atoms with Gasteiger partial charge >= 0.3 is 0 Å². The Morgan fingerprint density at radius 1 is 1.03 bits per heavy atom. The minimum absolute atomic E-state index is 0.0249. The Morgan fingerprint density at radius 3 is 2.34 bits per heavy atom. The number of nitrogens with zero attached hydrogens (tertiary/aromatic N) is 1. The van der Waals surface area contributed by atoms with Crippen LogP contribution in [0.4, 0.5) is 10.1 Å². The van der Waals surface area contributed by atoms with Crippen LogP contribution in [-0.2, 0) is 10.0 Å². The van der Waals surface area contributed by atoms with Crippen molar-refractivity contribution in [3.8, 4) is 0 Å². The van der Waals surface area contributed by atoms with E-state index in [9.17, 15) is 22.4 Å². The molecule has 0 atom stereocenters. The lowest BCUT2D eigenvalue weighted by Crippen LogP contribution is -2.33. The second kappa shape index (κ2) is 10.2. The van der Waals surface area contributed by atoms with E-state index < -0.39 is 26.6 Å². The molecule has 2 N–H and O–H groups in total. The standard InChI is InChI=1S/C23H28FN3O4S/c1-3-27(4-2)32(30,31)21-15-16(13-14-19(21)24)22(28)26-20-12-8-7-11-18(20)23(29)25-17-9-5-6-10-17/h7-8,11-15,17H,3-6,9-10H2,1-2H3,(H,25,29)(H,26,28). The van der Waals surface area contributed by atoms with Crippen LogP contribution in [-0.4, -0.2) is 43.7 Å². The van der Waals surface area contributed by atoms with E-state index >= 15 is 0 Å². The van der Waals surface area contributed by atoms with E-state index in [4.69, 9.17) is 0 Å². The maximum Gasteiger partial charge on any atom is 0.255 e. The van der Waals surface area contributed by atoms with Crippen LogP contribution < -0.4 is 10.6 Å². The highest BCUT2D eigenvalue weighted by molar-refractivity contribution is 7.89. The number of amides is 2. The van der Waals surface area contributed by atoms with Gasteiger partial charge in [0.15, 0.2) is 0 Å². The summed E-state index contributed by atoms with van der Waals surface area (Å²) in [5, 5.41) is 5.64.